The van der Waals surface area contributed by atoms with Crippen LogP contribution in [-0.4, -0.2) is 14.7 Å². The summed E-state index contributed by atoms with van der Waals surface area (Å²) in [6, 6.07) is 8.14. The molecule has 0 spiro atoms. The maximum absolute atomic E-state index is 12.1. The van der Waals surface area contributed by atoms with Crippen molar-refractivity contribution in [3.63, 3.8) is 0 Å². The van der Waals surface area contributed by atoms with E-state index in [-0.39, 0.29) is 16.2 Å². The third kappa shape index (κ3) is 2.58. The van der Waals surface area contributed by atoms with E-state index in [4.69, 9.17) is 0 Å². The third-order valence-corrected chi connectivity index (χ3v) is 4.32. The van der Waals surface area contributed by atoms with Crippen LogP contribution in [0, 0.1) is 0 Å². The Morgan fingerprint density at radius 1 is 1.19 bits per heavy atom. The molecule has 0 unspecified atom stereocenters. The molecule has 0 aromatic heterocycles. The Bertz CT molecular complexity index is 494. The molecule has 0 amide bonds. The number of hydrogen-bond donors (Lipinski definition) is 0. The molecule has 1 rings (SSSR count). The first-order valence-corrected chi connectivity index (χ1v) is 6.38. The van der Waals surface area contributed by atoms with Gasteiger partial charge in [0.1, 0.15) is 6.29 Å². The van der Waals surface area contributed by atoms with Crippen LogP contribution in [0.5, 0.6) is 0 Å². The topological polar surface area (TPSA) is 51.2 Å². The number of rotatable bonds is 4. The average Bonchev–Trinajstić information content (AvgIpc) is 2.26. The average molecular weight is 238 g/mol. The zero-order valence-corrected chi connectivity index (χ0v) is 10.1. The molecule has 0 aliphatic heterocycles. The zero-order chi connectivity index (χ0) is 12.2. The van der Waals surface area contributed by atoms with E-state index in [9.17, 15) is 13.2 Å². The summed E-state index contributed by atoms with van der Waals surface area (Å²) in [7, 11) is -3.51. The van der Waals surface area contributed by atoms with Gasteiger partial charge in [-0.3, -0.25) is 0 Å². The monoisotopic (exact) mass is 238 g/mol. The summed E-state index contributed by atoms with van der Waals surface area (Å²) in [5, 5.41) is 0. The van der Waals surface area contributed by atoms with Crippen molar-refractivity contribution in [1.82, 2.24) is 0 Å². The van der Waals surface area contributed by atoms with E-state index in [1.807, 2.05) is 0 Å². The van der Waals surface area contributed by atoms with Gasteiger partial charge in [-0.05, 0) is 26.0 Å². The fraction of sp³-hybridized carbons (Fsp3) is 0.250. The first-order valence-electron chi connectivity index (χ1n) is 4.90. The number of carbonyl (C=O) groups is 1. The van der Waals surface area contributed by atoms with Crippen LogP contribution in [0.15, 0.2) is 45.7 Å². The van der Waals surface area contributed by atoms with E-state index < -0.39 is 9.84 Å². The largest absolute Gasteiger partial charge is 0.303 e. The van der Waals surface area contributed by atoms with Gasteiger partial charge in [-0.2, -0.15) is 0 Å². The van der Waals surface area contributed by atoms with E-state index in [1.165, 1.54) is 12.1 Å². The molecule has 0 aliphatic rings. The molecule has 1 aromatic carbocycles. The molecule has 0 atom stereocenters. The molecule has 0 radical (unpaired) electrons. The van der Waals surface area contributed by atoms with Gasteiger partial charge in [0, 0.05) is 6.42 Å². The lowest BCUT2D eigenvalue weighted by molar-refractivity contribution is -0.107. The molecule has 16 heavy (non-hydrogen) atoms. The van der Waals surface area contributed by atoms with Gasteiger partial charge in [0.25, 0.3) is 0 Å². The second-order valence-corrected chi connectivity index (χ2v) is 5.58. The van der Waals surface area contributed by atoms with Crippen molar-refractivity contribution >= 4 is 16.1 Å². The summed E-state index contributed by atoms with van der Waals surface area (Å²) < 4.78 is 24.3. The first-order chi connectivity index (χ1) is 7.50. The van der Waals surface area contributed by atoms with Crippen LogP contribution in [0.25, 0.3) is 0 Å². The second kappa shape index (κ2) is 5.07. The molecule has 0 N–H and O–H groups in total. The normalized spacial score (nSPS) is 10.9. The zero-order valence-electron chi connectivity index (χ0n) is 9.30. The summed E-state index contributed by atoms with van der Waals surface area (Å²) in [4.78, 5) is 10.9. The molecule has 0 aliphatic carbocycles. The van der Waals surface area contributed by atoms with Gasteiger partial charge in [-0.25, -0.2) is 8.42 Å². The van der Waals surface area contributed by atoms with Gasteiger partial charge in [0.2, 0.25) is 9.84 Å². The summed E-state index contributed by atoms with van der Waals surface area (Å²) in [5.74, 6) is 0. The van der Waals surface area contributed by atoms with Gasteiger partial charge in [-0.1, -0.05) is 23.8 Å². The Morgan fingerprint density at radius 2 is 1.75 bits per heavy atom. The van der Waals surface area contributed by atoms with Crippen LogP contribution in [0.3, 0.4) is 0 Å². The number of benzene rings is 1. The molecular weight excluding hydrogens is 224 g/mol. The number of aldehydes is 1. The van der Waals surface area contributed by atoms with Crippen LogP contribution in [0.4, 0.5) is 0 Å². The van der Waals surface area contributed by atoms with Crippen LogP contribution in [0.2, 0.25) is 0 Å². The van der Waals surface area contributed by atoms with Crippen LogP contribution < -0.4 is 0 Å². The van der Waals surface area contributed by atoms with E-state index in [0.29, 0.717) is 11.9 Å². The van der Waals surface area contributed by atoms with Crippen LogP contribution in [0.1, 0.15) is 20.3 Å². The Morgan fingerprint density at radius 3 is 2.19 bits per heavy atom. The van der Waals surface area contributed by atoms with Gasteiger partial charge in [-0.15, -0.1) is 0 Å². The van der Waals surface area contributed by atoms with Crippen molar-refractivity contribution in [2.45, 2.75) is 25.2 Å². The van der Waals surface area contributed by atoms with E-state index in [2.05, 4.69) is 0 Å². The highest BCUT2D eigenvalue weighted by Crippen LogP contribution is 2.23. The number of allylic oxidation sites excluding steroid dienone is 2. The summed E-state index contributed by atoms with van der Waals surface area (Å²) in [5.41, 5.74) is 0.649. The highest BCUT2D eigenvalue weighted by molar-refractivity contribution is 7.95. The van der Waals surface area contributed by atoms with Gasteiger partial charge in [0.15, 0.2) is 0 Å². The minimum Gasteiger partial charge on any atom is -0.303 e. The van der Waals surface area contributed by atoms with Gasteiger partial charge >= 0.3 is 0 Å². The van der Waals surface area contributed by atoms with E-state index >= 15 is 0 Å². The standard InChI is InChI=1S/C12H14O3S/c1-10(2)12(8-9-13)16(14,15)11-6-4-3-5-7-11/h3-7,9H,8H2,1-2H3. The quantitative estimate of drug-likeness (QED) is 0.756. The Kier molecular flexibility index (Phi) is 4.01. The molecule has 1 aromatic rings. The molecule has 0 bridgehead atoms. The highest BCUT2D eigenvalue weighted by atomic mass is 32.2. The van der Waals surface area contributed by atoms with Crippen LogP contribution in [-0.2, 0) is 14.6 Å². The second-order valence-electron chi connectivity index (χ2n) is 3.61. The minimum absolute atomic E-state index is 0.0699. The molecule has 3 nitrogen and oxygen atoms in total. The van der Waals surface area contributed by atoms with Crippen molar-refractivity contribution < 1.29 is 13.2 Å². The van der Waals surface area contributed by atoms with Crippen molar-refractivity contribution in [2.75, 3.05) is 0 Å². The van der Waals surface area contributed by atoms with Crippen LogP contribution >= 0.6 is 0 Å². The van der Waals surface area contributed by atoms with Gasteiger partial charge in [0.05, 0.1) is 9.80 Å². The Hall–Kier alpha value is -1.42. The van der Waals surface area contributed by atoms with E-state index in [0.717, 1.165) is 0 Å². The summed E-state index contributed by atoms with van der Waals surface area (Å²) in [6.45, 7) is 3.39. The van der Waals surface area contributed by atoms with Gasteiger partial charge < -0.3 is 4.79 Å². The molecular formula is C12H14O3S. The Balaban J connectivity index is 3.31. The van der Waals surface area contributed by atoms with Crippen molar-refractivity contribution in [3.05, 3.63) is 40.8 Å². The highest BCUT2D eigenvalue weighted by Gasteiger charge is 2.20. The summed E-state index contributed by atoms with van der Waals surface area (Å²) >= 11 is 0. The lowest BCUT2D eigenvalue weighted by Crippen LogP contribution is -2.07. The fourth-order valence-corrected chi connectivity index (χ4v) is 3.03. The first kappa shape index (κ1) is 12.6. The van der Waals surface area contributed by atoms with Crippen molar-refractivity contribution in [1.29, 1.82) is 0 Å². The lowest BCUT2D eigenvalue weighted by atomic mass is 10.3. The lowest BCUT2D eigenvalue weighted by Gasteiger charge is -2.08. The number of hydrogen-bond acceptors (Lipinski definition) is 3. The maximum atomic E-state index is 12.1. The molecule has 0 saturated heterocycles. The number of carbonyl (C=O) groups excluding carboxylic acids is 1. The van der Waals surface area contributed by atoms with E-state index in [1.54, 1.807) is 32.0 Å². The molecule has 0 fully saturated rings. The molecule has 86 valence electrons. The summed E-state index contributed by atoms with van der Waals surface area (Å²) in [6.07, 6.45) is 0.544. The fourth-order valence-electron chi connectivity index (χ4n) is 1.40. The predicted octanol–water partition coefficient (Wildman–Crippen LogP) is 2.34. The predicted molar refractivity (Wildman–Crippen MR) is 62.7 cm³/mol. The molecule has 4 heteroatoms. The smallest absolute Gasteiger partial charge is 0.203 e. The SMILES string of the molecule is CC(C)=C(CC=O)S(=O)(=O)c1ccccc1. The van der Waals surface area contributed by atoms with Crippen molar-refractivity contribution in [2.24, 2.45) is 0 Å². The van der Waals surface area contributed by atoms with Crippen molar-refractivity contribution in [3.8, 4) is 0 Å². The third-order valence-electron chi connectivity index (χ3n) is 2.20. The minimum atomic E-state index is -3.51. The molecule has 0 saturated carbocycles. The maximum Gasteiger partial charge on any atom is 0.203 e. The Labute approximate surface area is 95.7 Å². The number of sulfone groups is 1. The molecule has 0 heterocycles.